The van der Waals surface area contributed by atoms with E-state index >= 15 is 0 Å². The van der Waals surface area contributed by atoms with Gasteiger partial charge < -0.3 is 10.5 Å². The van der Waals surface area contributed by atoms with Crippen LogP contribution in [0.15, 0.2) is 18.2 Å². The molecule has 0 aliphatic heterocycles. The van der Waals surface area contributed by atoms with Crippen molar-refractivity contribution in [2.45, 2.75) is 19.9 Å². The van der Waals surface area contributed by atoms with E-state index in [2.05, 4.69) is 4.74 Å². The van der Waals surface area contributed by atoms with Crippen molar-refractivity contribution in [2.75, 3.05) is 7.11 Å². The second-order valence-corrected chi connectivity index (χ2v) is 4.66. The van der Waals surface area contributed by atoms with Gasteiger partial charge >= 0.3 is 11.7 Å². The summed E-state index contributed by atoms with van der Waals surface area (Å²) in [6.45, 7) is 3.11. The molecule has 6 nitrogen and oxygen atoms in total. The van der Waals surface area contributed by atoms with E-state index in [-0.39, 0.29) is 0 Å². The molecular formula is C12H15FN2O4. The van der Waals surface area contributed by atoms with Gasteiger partial charge in [-0.3, -0.25) is 14.9 Å². The van der Waals surface area contributed by atoms with Crippen LogP contribution in [0.25, 0.3) is 0 Å². The third kappa shape index (κ3) is 2.87. The standard InChI is InChI=1S/C12H15FN2O4/c1-12(2,11(16)19-3)10(14)7-4-5-8(13)9(6-7)15(17)18/h4-6,10H,14H2,1-3H3/t10-/m1/s1. The van der Waals surface area contributed by atoms with E-state index in [0.29, 0.717) is 5.56 Å². The van der Waals surface area contributed by atoms with E-state index in [1.54, 1.807) is 13.8 Å². The number of nitro benzene ring substituents is 1. The van der Waals surface area contributed by atoms with Gasteiger partial charge in [0.25, 0.3) is 0 Å². The van der Waals surface area contributed by atoms with Crippen molar-refractivity contribution in [3.05, 3.63) is 39.7 Å². The fraction of sp³-hybridized carbons (Fsp3) is 0.417. The zero-order valence-electron chi connectivity index (χ0n) is 10.8. The van der Waals surface area contributed by atoms with Gasteiger partial charge in [-0.1, -0.05) is 6.07 Å². The lowest BCUT2D eigenvalue weighted by molar-refractivity contribution is -0.387. The lowest BCUT2D eigenvalue weighted by Gasteiger charge is -2.28. The van der Waals surface area contributed by atoms with Gasteiger partial charge in [-0.15, -0.1) is 0 Å². The summed E-state index contributed by atoms with van der Waals surface area (Å²) in [5.41, 5.74) is 4.46. The summed E-state index contributed by atoms with van der Waals surface area (Å²) in [6.07, 6.45) is 0. The summed E-state index contributed by atoms with van der Waals surface area (Å²) in [4.78, 5) is 21.5. The Morgan fingerprint density at radius 1 is 1.53 bits per heavy atom. The maximum atomic E-state index is 13.2. The average Bonchev–Trinajstić information content (AvgIpc) is 2.36. The Hall–Kier alpha value is -2.02. The Morgan fingerprint density at radius 3 is 2.58 bits per heavy atom. The van der Waals surface area contributed by atoms with Gasteiger partial charge in [-0.05, 0) is 25.5 Å². The van der Waals surface area contributed by atoms with Crippen LogP contribution in [0.1, 0.15) is 25.5 Å². The van der Waals surface area contributed by atoms with Crippen molar-refractivity contribution in [3.8, 4) is 0 Å². The molecule has 0 fully saturated rings. The minimum atomic E-state index is -1.08. The van der Waals surface area contributed by atoms with E-state index in [1.807, 2.05) is 0 Å². The molecule has 2 N–H and O–H groups in total. The van der Waals surface area contributed by atoms with Crippen molar-refractivity contribution < 1.29 is 18.8 Å². The van der Waals surface area contributed by atoms with Gasteiger partial charge in [0.1, 0.15) is 0 Å². The van der Waals surface area contributed by atoms with Gasteiger partial charge in [0.2, 0.25) is 5.82 Å². The van der Waals surface area contributed by atoms with Crippen molar-refractivity contribution in [1.29, 1.82) is 0 Å². The molecule has 7 heteroatoms. The average molecular weight is 270 g/mol. The second-order valence-electron chi connectivity index (χ2n) is 4.66. The maximum absolute atomic E-state index is 13.2. The SMILES string of the molecule is COC(=O)C(C)(C)[C@H](N)c1ccc(F)c([N+](=O)[O-])c1. The molecule has 0 aliphatic rings. The first kappa shape index (κ1) is 15.0. The molecule has 1 aromatic rings. The fourth-order valence-electron chi connectivity index (χ4n) is 1.67. The highest BCUT2D eigenvalue weighted by Gasteiger charge is 2.37. The number of hydrogen-bond acceptors (Lipinski definition) is 5. The topological polar surface area (TPSA) is 95.5 Å². The predicted octanol–water partition coefficient (Wildman–Crippen LogP) is 1.93. The second kappa shape index (κ2) is 5.31. The first-order valence-electron chi connectivity index (χ1n) is 5.49. The number of nitrogens with zero attached hydrogens (tertiary/aromatic N) is 1. The molecule has 0 bridgehead atoms. The molecule has 0 aromatic heterocycles. The number of methoxy groups -OCH3 is 1. The van der Waals surface area contributed by atoms with E-state index in [9.17, 15) is 19.3 Å². The Balaban J connectivity index is 3.20. The van der Waals surface area contributed by atoms with Crippen molar-refractivity contribution in [3.63, 3.8) is 0 Å². The monoisotopic (exact) mass is 270 g/mol. The molecule has 19 heavy (non-hydrogen) atoms. The molecule has 1 rings (SSSR count). The first-order valence-corrected chi connectivity index (χ1v) is 5.49. The highest BCUT2D eigenvalue weighted by Crippen LogP contribution is 2.34. The smallest absolute Gasteiger partial charge is 0.313 e. The van der Waals surface area contributed by atoms with E-state index in [0.717, 1.165) is 12.1 Å². The first-order chi connectivity index (χ1) is 8.71. The number of carbonyl (C=O) groups is 1. The van der Waals surface area contributed by atoms with E-state index < -0.39 is 33.9 Å². The molecule has 104 valence electrons. The number of benzene rings is 1. The fourth-order valence-corrected chi connectivity index (χ4v) is 1.67. The zero-order chi connectivity index (χ0) is 14.8. The van der Waals surface area contributed by atoms with Crippen LogP contribution < -0.4 is 5.73 Å². The molecule has 0 saturated carbocycles. The molecule has 1 aromatic carbocycles. The van der Waals surface area contributed by atoms with Gasteiger partial charge in [0.05, 0.1) is 17.4 Å². The van der Waals surface area contributed by atoms with Crippen LogP contribution in [0.5, 0.6) is 0 Å². The van der Waals surface area contributed by atoms with Crippen LogP contribution >= 0.6 is 0 Å². The van der Waals surface area contributed by atoms with Crippen LogP contribution in [0.2, 0.25) is 0 Å². The predicted molar refractivity (Wildman–Crippen MR) is 65.8 cm³/mol. The number of halogens is 1. The Kier molecular flexibility index (Phi) is 4.21. The number of hydrogen-bond donors (Lipinski definition) is 1. The summed E-state index contributed by atoms with van der Waals surface area (Å²) in [5.74, 6) is -1.50. The van der Waals surface area contributed by atoms with Crippen LogP contribution in [0.4, 0.5) is 10.1 Å². The number of ether oxygens (including phenoxy) is 1. The number of carbonyl (C=O) groups excluding carboxylic acids is 1. The molecule has 0 amide bonds. The zero-order valence-corrected chi connectivity index (χ0v) is 10.8. The normalized spacial score (nSPS) is 12.9. The van der Waals surface area contributed by atoms with Gasteiger partial charge in [0.15, 0.2) is 0 Å². The van der Waals surface area contributed by atoms with Gasteiger partial charge in [-0.2, -0.15) is 4.39 Å². The molecule has 1 atom stereocenters. The molecular weight excluding hydrogens is 255 g/mol. The van der Waals surface area contributed by atoms with Crippen molar-refractivity contribution in [1.82, 2.24) is 0 Å². The summed E-state index contributed by atoms with van der Waals surface area (Å²) in [6, 6.07) is 2.46. The van der Waals surface area contributed by atoms with Crippen molar-refractivity contribution >= 4 is 11.7 Å². The quantitative estimate of drug-likeness (QED) is 0.512. The maximum Gasteiger partial charge on any atom is 0.313 e. The minimum absolute atomic E-state index is 0.295. The van der Waals surface area contributed by atoms with Crippen LogP contribution in [-0.4, -0.2) is 18.0 Å². The van der Waals surface area contributed by atoms with E-state index in [1.165, 1.54) is 13.2 Å². The highest BCUT2D eigenvalue weighted by molar-refractivity contribution is 5.77. The summed E-state index contributed by atoms with van der Waals surface area (Å²) >= 11 is 0. The van der Waals surface area contributed by atoms with Gasteiger partial charge in [0, 0.05) is 12.1 Å². The number of nitrogens with two attached hydrogens (primary N) is 1. The molecule has 0 saturated heterocycles. The Labute approximate surface area is 109 Å². The minimum Gasteiger partial charge on any atom is -0.469 e. The Morgan fingerprint density at radius 2 is 2.11 bits per heavy atom. The summed E-state index contributed by atoms with van der Waals surface area (Å²) < 4.78 is 17.9. The largest absolute Gasteiger partial charge is 0.469 e. The van der Waals surface area contributed by atoms with Crippen LogP contribution in [0, 0.1) is 21.3 Å². The van der Waals surface area contributed by atoms with Crippen molar-refractivity contribution in [2.24, 2.45) is 11.1 Å². The lowest BCUT2D eigenvalue weighted by Crippen LogP contribution is -2.37. The number of rotatable bonds is 4. The third-order valence-electron chi connectivity index (χ3n) is 3.02. The molecule has 0 unspecified atom stereocenters. The van der Waals surface area contributed by atoms with Gasteiger partial charge in [-0.25, -0.2) is 0 Å². The van der Waals surface area contributed by atoms with Crippen LogP contribution in [-0.2, 0) is 9.53 Å². The lowest BCUT2D eigenvalue weighted by atomic mass is 9.81. The molecule has 0 heterocycles. The van der Waals surface area contributed by atoms with E-state index in [4.69, 9.17) is 5.73 Å². The third-order valence-corrected chi connectivity index (χ3v) is 3.02. The molecule has 0 radical (unpaired) electrons. The number of esters is 1. The highest BCUT2D eigenvalue weighted by atomic mass is 19.1. The Bertz CT molecular complexity index is 516. The van der Waals surface area contributed by atoms with Crippen LogP contribution in [0.3, 0.4) is 0 Å². The molecule has 0 spiro atoms. The summed E-state index contributed by atoms with van der Waals surface area (Å²) in [7, 11) is 1.23. The number of nitro groups is 1. The summed E-state index contributed by atoms with van der Waals surface area (Å²) in [5, 5.41) is 10.7. The molecule has 0 aliphatic carbocycles.